The van der Waals surface area contributed by atoms with Crippen LogP contribution in [0.3, 0.4) is 0 Å². The summed E-state index contributed by atoms with van der Waals surface area (Å²) in [5.74, 6) is 0.353. The van der Waals surface area contributed by atoms with Crippen molar-refractivity contribution in [1.29, 1.82) is 0 Å². The lowest BCUT2D eigenvalue weighted by molar-refractivity contribution is -0.387. The fourth-order valence-corrected chi connectivity index (χ4v) is 5.03. The molecule has 0 fully saturated rings. The zero-order chi connectivity index (χ0) is 28.6. The van der Waals surface area contributed by atoms with Crippen molar-refractivity contribution in [3.05, 3.63) is 124 Å². The first-order valence-corrected chi connectivity index (χ1v) is 13.6. The summed E-state index contributed by atoms with van der Waals surface area (Å²) in [4.78, 5) is 28.2. The number of benzene rings is 4. The van der Waals surface area contributed by atoms with Crippen LogP contribution in [0.1, 0.15) is 18.1 Å². The molecular formula is C31H25N5O4S. The summed E-state index contributed by atoms with van der Waals surface area (Å²) in [6.07, 6.45) is 1.76. The zero-order valence-corrected chi connectivity index (χ0v) is 22.9. The molecule has 0 saturated carbocycles. The molecule has 0 N–H and O–H groups in total. The van der Waals surface area contributed by atoms with Crippen LogP contribution in [0.5, 0.6) is 0 Å². The molecule has 1 heterocycles. The second-order valence-electron chi connectivity index (χ2n) is 8.84. The third-order valence-corrected chi connectivity index (χ3v) is 7.03. The van der Waals surface area contributed by atoms with Crippen LogP contribution in [0.15, 0.2) is 118 Å². The Morgan fingerprint density at radius 3 is 2.37 bits per heavy atom. The Morgan fingerprint density at radius 1 is 0.976 bits per heavy atom. The molecule has 0 saturated heterocycles. The maximum atomic E-state index is 12.1. The number of carbonyl (C=O) groups is 1. The molecule has 0 aliphatic carbocycles. The van der Waals surface area contributed by atoms with Crippen molar-refractivity contribution >= 4 is 35.3 Å². The predicted octanol–water partition coefficient (Wildman–Crippen LogP) is 6.85. The van der Waals surface area contributed by atoms with Gasteiger partial charge >= 0.3 is 5.97 Å². The van der Waals surface area contributed by atoms with Gasteiger partial charge in [0.2, 0.25) is 5.16 Å². The van der Waals surface area contributed by atoms with Crippen LogP contribution in [0.25, 0.3) is 17.1 Å². The quantitative estimate of drug-likeness (QED) is 0.0790. The minimum atomic E-state index is -0.412. The van der Waals surface area contributed by atoms with E-state index in [4.69, 9.17) is 4.74 Å². The minimum Gasteiger partial charge on any atom is -0.466 e. The minimum absolute atomic E-state index is 0.0624. The molecule has 0 atom stereocenters. The van der Waals surface area contributed by atoms with E-state index in [-0.39, 0.29) is 18.1 Å². The van der Waals surface area contributed by atoms with Crippen LogP contribution in [0.4, 0.5) is 11.4 Å². The highest BCUT2D eigenvalue weighted by atomic mass is 32.2. The van der Waals surface area contributed by atoms with Crippen LogP contribution in [0.2, 0.25) is 0 Å². The first-order valence-electron chi connectivity index (χ1n) is 12.8. The average Bonchev–Trinajstić information content (AvgIpc) is 3.41. The van der Waals surface area contributed by atoms with Gasteiger partial charge in [0, 0.05) is 23.5 Å². The molecule has 5 rings (SSSR count). The predicted molar refractivity (Wildman–Crippen MR) is 158 cm³/mol. The number of hydrogen-bond acceptors (Lipinski definition) is 8. The second kappa shape index (κ2) is 12.8. The van der Waals surface area contributed by atoms with Crippen molar-refractivity contribution in [3.8, 4) is 17.1 Å². The van der Waals surface area contributed by atoms with Gasteiger partial charge in [-0.2, -0.15) is 0 Å². The normalized spacial score (nSPS) is 11.0. The van der Waals surface area contributed by atoms with Crippen molar-refractivity contribution in [2.45, 2.75) is 23.4 Å². The van der Waals surface area contributed by atoms with Crippen molar-refractivity contribution < 1.29 is 14.5 Å². The van der Waals surface area contributed by atoms with Crippen molar-refractivity contribution in [2.24, 2.45) is 4.99 Å². The van der Waals surface area contributed by atoms with Gasteiger partial charge in [-0.3, -0.25) is 24.5 Å². The molecule has 0 bridgehead atoms. The van der Waals surface area contributed by atoms with Gasteiger partial charge in [-0.15, -0.1) is 10.2 Å². The monoisotopic (exact) mass is 563 g/mol. The van der Waals surface area contributed by atoms with E-state index in [9.17, 15) is 14.9 Å². The van der Waals surface area contributed by atoms with Crippen LogP contribution < -0.4 is 0 Å². The SMILES string of the molecule is CCOC(=O)Cc1ccc(N=Cc2ccc(Sc3nnc(-c4ccccc4)n3-c3ccccc3)c([N+](=O)[O-])c2)cc1. The second-order valence-corrected chi connectivity index (χ2v) is 9.85. The number of nitro groups is 1. The highest BCUT2D eigenvalue weighted by molar-refractivity contribution is 7.99. The Kier molecular flexibility index (Phi) is 8.61. The van der Waals surface area contributed by atoms with E-state index in [0.717, 1.165) is 16.8 Å². The lowest BCUT2D eigenvalue weighted by Crippen LogP contribution is -2.07. The van der Waals surface area contributed by atoms with E-state index >= 15 is 0 Å². The molecule has 41 heavy (non-hydrogen) atoms. The highest BCUT2D eigenvalue weighted by Gasteiger charge is 2.21. The zero-order valence-electron chi connectivity index (χ0n) is 22.1. The number of carbonyl (C=O) groups excluding carboxylic acids is 1. The number of aliphatic imine (C=N–C) groups is 1. The standard InChI is InChI=1S/C31H25N5O4S/c1-2-40-29(37)20-22-13-16-25(17-14-22)32-21-23-15-18-28(27(19-23)36(38)39)41-31-34-33-30(24-9-5-3-6-10-24)35(31)26-11-7-4-8-12-26/h3-19,21H,2,20H2,1H3. The molecule has 1 aromatic heterocycles. The van der Waals surface area contributed by atoms with Gasteiger partial charge in [0.05, 0.1) is 28.5 Å². The van der Waals surface area contributed by atoms with E-state index in [1.807, 2.05) is 65.2 Å². The molecule has 0 aliphatic rings. The molecule has 9 nitrogen and oxygen atoms in total. The Morgan fingerprint density at radius 2 is 1.68 bits per heavy atom. The van der Waals surface area contributed by atoms with Crippen LogP contribution in [-0.4, -0.2) is 38.5 Å². The van der Waals surface area contributed by atoms with E-state index in [1.165, 1.54) is 17.8 Å². The third-order valence-electron chi connectivity index (χ3n) is 6.01. The molecule has 5 aromatic rings. The maximum Gasteiger partial charge on any atom is 0.310 e. The number of aromatic nitrogens is 3. The Bertz CT molecular complexity index is 1690. The summed E-state index contributed by atoms with van der Waals surface area (Å²) in [5.41, 5.74) is 3.71. The fraction of sp³-hybridized carbons (Fsp3) is 0.0968. The van der Waals surface area contributed by atoms with Gasteiger partial charge in [0.15, 0.2) is 5.82 Å². The summed E-state index contributed by atoms with van der Waals surface area (Å²) in [6.45, 7) is 2.11. The molecule has 0 amide bonds. The number of nitrogens with zero attached hydrogens (tertiary/aromatic N) is 5. The van der Waals surface area contributed by atoms with Crippen LogP contribution in [0, 0.1) is 10.1 Å². The summed E-state index contributed by atoms with van der Waals surface area (Å²) in [6, 6.07) is 31.4. The number of hydrogen-bond donors (Lipinski definition) is 0. The third kappa shape index (κ3) is 6.74. The molecule has 204 valence electrons. The number of rotatable bonds is 10. The largest absolute Gasteiger partial charge is 0.466 e. The first-order chi connectivity index (χ1) is 20.0. The lowest BCUT2D eigenvalue weighted by Gasteiger charge is -2.10. The summed E-state index contributed by atoms with van der Waals surface area (Å²) >= 11 is 1.18. The smallest absolute Gasteiger partial charge is 0.310 e. The van der Waals surface area contributed by atoms with Gasteiger partial charge in [-0.05, 0) is 60.1 Å². The van der Waals surface area contributed by atoms with Gasteiger partial charge in [-0.25, -0.2) is 0 Å². The molecule has 0 spiro atoms. The highest BCUT2D eigenvalue weighted by Crippen LogP contribution is 2.37. The summed E-state index contributed by atoms with van der Waals surface area (Å²) in [5, 5.41) is 21.4. The van der Waals surface area contributed by atoms with Crippen molar-refractivity contribution in [1.82, 2.24) is 14.8 Å². The number of ether oxygens (including phenoxy) is 1. The number of nitro benzene ring substituents is 1. The molecule has 0 aliphatic heterocycles. The maximum absolute atomic E-state index is 12.1. The fourth-order valence-electron chi connectivity index (χ4n) is 4.09. The van der Waals surface area contributed by atoms with Crippen LogP contribution >= 0.6 is 11.8 Å². The molecule has 10 heteroatoms. The molecule has 4 aromatic carbocycles. The summed E-state index contributed by atoms with van der Waals surface area (Å²) < 4.78 is 6.87. The van der Waals surface area contributed by atoms with E-state index in [1.54, 1.807) is 49.5 Å². The first kappa shape index (κ1) is 27.5. The Labute approximate surface area is 240 Å². The average molecular weight is 564 g/mol. The molecule has 0 radical (unpaired) electrons. The van der Waals surface area contributed by atoms with Gasteiger partial charge < -0.3 is 4.74 Å². The van der Waals surface area contributed by atoms with Gasteiger partial charge in [0.1, 0.15) is 0 Å². The van der Waals surface area contributed by atoms with E-state index < -0.39 is 4.92 Å². The van der Waals surface area contributed by atoms with Crippen LogP contribution in [-0.2, 0) is 16.0 Å². The van der Waals surface area contributed by atoms with Gasteiger partial charge in [0.25, 0.3) is 5.69 Å². The van der Waals surface area contributed by atoms with Crippen molar-refractivity contribution in [2.75, 3.05) is 6.61 Å². The lowest BCUT2D eigenvalue weighted by atomic mass is 10.1. The number of para-hydroxylation sites is 1. The van der Waals surface area contributed by atoms with Crippen molar-refractivity contribution in [3.63, 3.8) is 0 Å². The van der Waals surface area contributed by atoms with E-state index in [0.29, 0.717) is 33.7 Å². The van der Waals surface area contributed by atoms with Gasteiger partial charge in [-0.1, -0.05) is 66.7 Å². The Balaban J connectivity index is 1.41. The molecule has 0 unspecified atom stereocenters. The number of esters is 1. The summed E-state index contributed by atoms with van der Waals surface area (Å²) in [7, 11) is 0. The molecular weight excluding hydrogens is 538 g/mol. The Hall–Kier alpha value is -5.09. The van der Waals surface area contributed by atoms with E-state index in [2.05, 4.69) is 15.2 Å². The topological polar surface area (TPSA) is 113 Å².